The minimum absolute atomic E-state index is 0.189. The molecule has 2 bridgehead atoms. The van der Waals surface area contributed by atoms with Gasteiger partial charge in [-0.15, -0.1) is 0 Å². The predicted octanol–water partition coefficient (Wildman–Crippen LogP) is 5.25. The number of ether oxygens (including phenoxy) is 1. The molecule has 1 fully saturated rings. The fraction of sp³-hybridized carbons (Fsp3) is 0.161. The highest BCUT2D eigenvalue weighted by molar-refractivity contribution is 7.92. The number of benzene rings is 4. The number of nitrogens with zero attached hydrogens (tertiary/aromatic N) is 1. The molecule has 8 heteroatoms. The second-order valence-electron chi connectivity index (χ2n) is 10.2. The van der Waals surface area contributed by atoms with Gasteiger partial charge in [-0.3, -0.25) is 14.3 Å². The maximum Gasteiger partial charge on any atom is 0.238 e. The second-order valence-corrected chi connectivity index (χ2v) is 12.0. The lowest BCUT2D eigenvalue weighted by Gasteiger charge is -2.45. The van der Waals surface area contributed by atoms with Crippen molar-refractivity contribution < 1.29 is 22.7 Å². The number of nitrogens with one attached hydrogen (secondary N) is 1. The summed E-state index contributed by atoms with van der Waals surface area (Å²) in [5.74, 6) is -1.27. The topological polar surface area (TPSA) is 92.8 Å². The molecule has 0 radical (unpaired) electrons. The number of imide groups is 1. The number of anilines is 2. The van der Waals surface area contributed by atoms with Gasteiger partial charge >= 0.3 is 0 Å². The summed E-state index contributed by atoms with van der Waals surface area (Å²) in [4.78, 5) is 29.5. The number of rotatable bonds is 5. The summed E-state index contributed by atoms with van der Waals surface area (Å²) >= 11 is 0. The average molecular weight is 537 g/mol. The molecular formula is C31H24N2O5S. The van der Waals surface area contributed by atoms with E-state index in [0.29, 0.717) is 11.4 Å². The number of carbonyl (C=O) groups is 2. The van der Waals surface area contributed by atoms with Crippen LogP contribution in [0.3, 0.4) is 0 Å². The van der Waals surface area contributed by atoms with Crippen LogP contribution in [-0.2, 0) is 19.6 Å². The number of amides is 2. The van der Waals surface area contributed by atoms with Crippen molar-refractivity contribution in [3.05, 3.63) is 119 Å². The summed E-state index contributed by atoms with van der Waals surface area (Å²) < 4.78 is 32.6. The van der Waals surface area contributed by atoms with E-state index < -0.39 is 21.9 Å². The van der Waals surface area contributed by atoms with E-state index in [1.54, 1.807) is 36.4 Å². The van der Waals surface area contributed by atoms with E-state index in [1.807, 2.05) is 30.3 Å². The quantitative estimate of drug-likeness (QED) is 0.352. The largest absolute Gasteiger partial charge is 0.455 e. The van der Waals surface area contributed by atoms with E-state index in [9.17, 15) is 18.0 Å². The van der Waals surface area contributed by atoms with E-state index >= 15 is 0 Å². The van der Waals surface area contributed by atoms with Crippen molar-refractivity contribution in [3.8, 4) is 11.5 Å². The van der Waals surface area contributed by atoms with Crippen molar-refractivity contribution in [1.82, 2.24) is 0 Å². The molecule has 2 atom stereocenters. The van der Waals surface area contributed by atoms with E-state index in [1.165, 1.54) is 11.0 Å². The van der Waals surface area contributed by atoms with E-state index in [4.69, 9.17) is 4.74 Å². The van der Waals surface area contributed by atoms with Gasteiger partial charge in [-0.1, -0.05) is 66.7 Å². The van der Waals surface area contributed by atoms with Crippen LogP contribution in [0, 0.1) is 11.8 Å². The van der Waals surface area contributed by atoms with Crippen molar-refractivity contribution in [3.63, 3.8) is 0 Å². The Hall–Kier alpha value is -4.43. The lowest BCUT2D eigenvalue weighted by molar-refractivity contribution is -0.122. The van der Waals surface area contributed by atoms with Crippen LogP contribution in [-0.4, -0.2) is 26.5 Å². The van der Waals surface area contributed by atoms with Crippen LogP contribution in [0.25, 0.3) is 0 Å². The molecule has 0 saturated carbocycles. The molecule has 3 aliphatic carbocycles. The van der Waals surface area contributed by atoms with Gasteiger partial charge in [0, 0.05) is 17.9 Å². The Bertz CT molecular complexity index is 1650. The summed E-state index contributed by atoms with van der Waals surface area (Å²) in [5, 5.41) is 0. The average Bonchev–Trinajstić information content (AvgIpc) is 3.20. The van der Waals surface area contributed by atoms with Crippen molar-refractivity contribution in [1.29, 1.82) is 0 Å². The van der Waals surface area contributed by atoms with Gasteiger partial charge in [0.2, 0.25) is 21.8 Å². The zero-order valence-electron chi connectivity index (χ0n) is 20.9. The first kappa shape index (κ1) is 23.7. The van der Waals surface area contributed by atoms with E-state index in [-0.39, 0.29) is 35.1 Å². The highest BCUT2D eigenvalue weighted by atomic mass is 32.2. The summed E-state index contributed by atoms with van der Waals surface area (Å²) in [6, 6.07) is 29.8. The highest BCUT2D eigenvalue weighted by Crippen LogP contribution is 2.61. The smallest absolute Gasteiger partial charge is 0.238 e. The molecule has 0 aromatic heterocycles. The molecule has 1 saturated heterocycles. The Labute approximate surface area is 226 Å². The Kier molecular flexibility index (Phi) is 5.18. The maximum atomic E-state index is 14.1. The van der Waals surface area contributed by atoms with Gasteiger partial charge in [0.1, 0.15) is 5.75 Å². The molecule has 1 N–H and O–H groups in total. The third-order valence-corrected chi connectivity index (χ3v) is 8.53. The Balaban J connectivity index is 1.33. The van der Waals surface area contributed by atoms with Crippen LogP contribution < -0.4 is 14.4 Å². The van der Waals surface area contributed by atoms with Crippen LogP contribution in [0.5, 0.6) is 11.5 Å². The van der Waals surface area contributed by atoms with Crippen LogP contribution in [0.2, 0.25) is 0 Å². The van der Waals surface area contributed by atoms with Gasteiger partial charge in [0.15, 0.2) is 5.75 Å². The first-order valence-corrected chi connectivity index (χ1v) is 14.6. The highest BCUT2D eigenvalue weighted by Gasteiger charge is 2.61. The molecule has 4 aromatic carbocycles. The fourth-order valence-corrected chi connectivity index (χ4v) is 7.13. The van der Waals surface area contributed by atoms with Crippen molar-refractivity contribution in [2.24, 2.45) is 11.8 Å². The lowest BCUT2D eigenvalue weighted by Crippen LogP contribution is -2.41. The SMILES string of the molecule is CS(=O)(=O)Nc1ccc(N2C(=O)C3C4c5ccccc5C(c5ccccc54)C3C2=O)cc1Oc1ccccc1. The molecule has 194 valence electrons. The molecule has 2 unspecified atom stereocenters. The molecule has 0 spiro atoms. The van der Waals surface area contributed by atoms with Crippen LogP contribution in [0.4, 0.5) is 11.4 Å². The van der Waals surface area contributed by atoms with Gasteiger partial charge in [-0.25, -0.2) is 13.3 Å². The molecule has 7 nitrogen and oxygen atoms in total. The van der Waals surface area contributed by atoms with Crippen molar-refractivity contribution >= 4 is 33.2 Å². The first-order chi connectivity index (χ1) is 18.8. The molecule has 1 heterocycles. The van der Waals surface area contributed by atoms with Crippen molar-refractivity contribution in [2.75, 3.05) is 15.9 Å². The number of hydrogen-bond acceptors (Lipinski definition) is 5. The molecular weight excluding hydrogens is 512 g/mol. The summed E-state index contributed by atoms with van der Waals surface area (Å²) in [7, 11) is -3.61. The zero-order chi connectivity index (χ0) is 26.9. The van der Waals surface area contributed by atoms with Crippen LogP contribution >= 0.6 is 0 Å². The normalized spacial score (nSPS) is 22.7. The zero-order valence-corrected chi connectivity index (χ0v) is 21.8. The Morgan fingerprint density at radius 3 is 1.67 bits per heavy atom. The minimum atomic E-state index is -3.61. The first-order valence-electron chi connectivity index (χ1n) is 12.7. The fourth-order valence-electron chi connectivity index (χ4n) is 6.57. The standard InChI is InChI=1S/C31H24N2O5S/c1-39(36,37)32-24-16-15-18(17-25(24)38-19-9-3-2-4-10-19)33-30(34)28-26-20-11-5-6-12-21(20)27(29(28)31(33)35)23-14-8-7-13-22(23)26/h2-17,26-29,32H,1H3. The maximum absolute atomic E-state index is 14.1. The second kappa shape index (κ2) is 8.54. The minimum Gasteiger partial charge on any atom is -0.455 e. The predicted molar refractivity (Wildman–Crippen MR) is 147 cm³/mol. The van der Waals surface area contributed by atoms with Gasteiger partial charge in [-0.05, 0) is 46.5 Å². The monoisotopic (exact) mass is 536 g/mol. The van der Waals surface area contributed by atoms with Gasteiger partial charge in [0.05, 0.1) is 29.5 Å². The van der Waals surface area contributed by atoms with Crippen LogP contribution in [0.1, 0.15) is 34.1 Å². The molecule has 39 heavy (non-hydrogen) atoms. The van der Waals surface area contributed by atoms with Gasteiger partial charge in [0.25, 0.3) is 0 Å². The molecule has 4 aliphatic rings. The number of hydrogen-bond donors (Lipinski definition) is 1. The van der Waals surface area contributed by atoms with Crippen LogP contribution in [0.15, 0.2) is 97.1 Å². The Morgan fingerprint density at radius 1 is 0.692 bits per heavy atom. The van der Waals surface area contributed by atoms with E-state index in [2.05, 4.69) is 29.0 Å². The van der Waals surface area contributed by atoms with Gasteiger partial charge in [-0.2, -0.15) is 0 Å². The van der Waals surface area contributed by atoms with Gasteiger partial charge < -0.3 is 4.74 Å². The number of para-hydroxylation sites is 1. The summed E-state index contributed by atoms with van der Waals surface area (Å²) in [6.45, 7) is 0. The molecule has 4 aromatic rings. The molecule has 1 aliphatic heterocycles. The third-order valence-electron chi connectivity index (χ3n) is 7.94. The number of carbonyl (C=O) groups excluding carboxylic acids is 2. The third kappa shape index (κ3) is 3.66. The summed E-state index contributed by atoms with van der Waals surface area (Å²) in [6.07, 6.45) is 1.05. The summed E-state index contributed by atoms with van der Waals surface area (Å²) in [5.41, 5.74) is 4.97. The molecule has 8 rings (SSSR count). The molecule has 2 amide bonds. The van der Waals surface area contributed by atoms with E-state index in [0.717, 1.165) is 28.5 Å². The Morgan fingerprint density at radius 2 is 1.18 bits per heavy atom. The number of sulfonamides is 1. The lowest BCUT2D eigenvalue weighted by atomic mass is 9.55. The van der Waals surface area contributed by atoms with Crippen molar-refractivity contribution in [2.45, 2.75) is 11.8 Å².